The number of H-pyrrole nitrogens is 1. The Morgan fingerprint density at radius 1 is 1.23 bits per heavy atom. The molecule has 22 heavy (non-hydrogen) atoms. The molecule has 3 aromatic rings. The second-order valence-electron chi connectivity index (χ2n) is 5.04. The number of hydrogen-bond donors (Lipinski definition) is 3. The van der Waals surface area contributed by atoms with E-state index in [9.17, 15) is 4.39 Å². The van der Waals surface area contributed by atoms with Crippen molar-refractivity contribution in [2.75, 3.05) is 12.4 Å². The third kappa shape index (κ3) is 2.65. The summed E-state index contributed by atoms with van der Waals surface area (Å²) in [6.45, 7) is 0.789. The number of aromatic nitrogens is 1. The van der Waals surface area contributed by atoms with Crippen LogP contribution >= 0.6 is 0 Å². The number of anilines is 2. The van der Waals surface area contributed by atoms with E-state index < -0.39 is 5.82 Å². The standard InChI is InChI=1S/C17H15FN4/c1-20-9-12-10-21-17-7-13(3-4-14(12)17)22-16-5-2-11(8-19)6-15(16)18/h2-7,10,20-22H,9H2,1H3. The van der Waals surface area contributed by atoms with E-state index in [2.05, 4.69) is 15.6 Å². The average molecular weight is 294 g/mol. The van der Waals surface area contributed by atoms with Gasteiger partial charge in [-0.15, -0.1) is 0 Å². The van der Waals surface area contributed by atoms with Gasteiger partial charge < -0.3 is 15.6 Å². The van der Waals surface area contributed by atoms with Gasteiger partial charge in [-0.2, -0.15) is 5.26 Å². The Balaban J connectivity index is 1.90. The zero-order valence-corrected chi connectivity index (χ0v) is 12.1. The van der Waals surface area contributed by atoms with E-state index in [-0.39, 0.29) is 0 Å². The molecule has 3 N–H and O–H groups in total. The highest BCUT2D eigenvalue weighted by atomic mass is 19.1. The number of halogens is 1. The summed E-state index contributed by atoms with van der Waals surface area (Å²) in [4.78, 5) is 3.22. The Morgan fingerprint density at radius 2 is 2.09 bits per heavy atom. The van der Waals surface area contributed by atoms with Crippen LogP contribution in [0.3, 0.4) is 0 Å². The zero-order chi connectivity index (χ0) is 15.5. The van der Waals surface area contributed by atoms with Gasteiger partial charge in [0.25, 0.3) is 0 Å². The predicted molar refractivity (Wildman–Crippen MR) is 85.5 cm³/mol. The van der Waals surface area contributed by atoms with Crippen LogP contribution in [-0.4, -0.2) is 12.0 Å². The zero-order valence-electron chi connectivity index (χ0n) is 12.1. The molecule has 5 heteroatoms. The fraction of sp³-hybridized carbons (Fsp3) is 0.118. The molecule has 0 aliphatic carbocycles. The van der Waals surface area contributed by atoms with Crippen LogP contribution in [0.5, 0.6) is 0 Å². The van der Waals surface area contributed by atoms with Crippen LogP contribution in [0.1, 0.15) is 11.1 Å². The van der Waals surface area contributed by atoms with Crippen molar-refractivity contribution in [3.05, 3.63) is 59.5 Å². The lowest BCUT2D eigenvalue weighted by Gasteiger charge is -2.08. The van der Waals surface area contributed by atoms with Crippen molar-refractivity contribution in [1.29, 1.82) is 5.26 Å². The van der Waals surface area contributed by atoms with Gasteiger partial charge >= 0.3 is 0 Å². The molecule has 0 bridgehead atoms. The molecule has 0 spiro atoms. The molecule has 0 radical (unpaired) electrons. The van der Waals surface area contributed by atoms with Crippen molar-refractivity contribution in [3.8, 4) is 6.07 Å². The number of nitrogens with one attached hydrogen (secondary N) is 3. The molecular formula is C17H15FN4. The van der Waals surface area contributed by atoms with Crippen LogP contribution in [-0.2, 0) is 6.54 Å². The topological polar surface area (TPSA) is 63.6 Å². The lowest BCUT2D eigenvalue weighted by atomic mass is 10.1. The predicted octanol–water partition coefficient (Wildman–Crippen LogP) is 3.64. The van der Waals surface area contributed by atoms with Crippen molar-refractivity contribution in [3.63, 3.8) is 0 Å². The minimum atomic E-state index is -0.443. The summed E-state index contributed by atoms with van der Waals surface area (Å²) in [5.74, 6) is -0.443. The molecule has 1 heterocycles. The van der Waals surface area contributed by atoms with Gasteiger partial charge in [-0.05, 0) is 42.9 Å². The van der Waals surface area contributed by atoms with Crippen molar-refractivity contribution >= 4 is 22.3 Å². The molecule has 110 valence electrons. The second-order valence-corrected chi connectivity index (χ2v) is 5.04. The maximum atomic E-state index is 13.9. The van der Waals surface area contributed by atoms with Gasteiger partial charge in [0.05, 0.1) is 17.3 Å². The Kier molecular flexibility index (Phi) is 3.77. The third-order valence-electron chi connectivity index (χ3n) is 3.51. The molecule has 2 aromatic carbocycles. The minimum Gasteiger partial charge on any atom is -0.361 e. The number of rotatable bonds is 4. The number of fused-ring (bicyclic) bond motifs is 1. The second kappa shape index (κ2) is 5.88. The van der Waals surface area contributed by atoms with Crippen molar-refractivity contribution in [2.45, 2.75) is 6.54 Å². The van der Waals surface area contributed by atoms with E-state index in [4.69, 9.17) is 5.26 Å². The highest BCUT2D eigenvalue weighted by Crippen LogP contribution is 2.25. The molecule has 0 unspecified atom stereocenters. The molecule has 0 aliphatic heterocycles. The first kappa shape index (κ1) is 14.1. The van der Waals surface area contributed by atoms with Gasteiger partial charge in [0.1, 0.15) is 5.82 Å². The minimum absolute atomic E-state index is 0.305. The summed E-state index contributed by atoms with van der Waals surface area (Å²) in [6.07, 6.45) is 1.97. The van der Waals surface area contributed by atoms with E-state index in [1.807, 2.05) is 37.5 Å². The Hall–Kier alpha value is -2.84. The first-order chi connectivity index (χ1) is 10.7. The van der Waals surface area contributed by atoms with Gasteiger partial charge in [0.2, 0.25) is 0 Å². The highest BCUT2D eigenvalue weighted by Gasteiger charge is 2.07. The smallest absolute Gasteiger partial charge is 0.147 e. The number of hydrogen-bond acceptors (Lipinski definition) is 3. The average Bonchev–Trinajstić information content (AvgIpc) is 2.92. The van der Waals surface area contributed by atoms with E-state index in [1.165, 1.54) is 11.6 Å². The highest BCUT2D eigenvalue weighted by molar-refractivity contribution is 5.87. The van der Waals surface area contributed by atoms with Gasteiger partial charge in [0, 0.05) is 29.3 Å². The van der Waals surface area contributed by atoms with E-state index in [0.29, 0.717) is 11.3 Å². The summed E-state index contributed by atoms with van der Waals surface area (Å²) in [5.41, 5.74) is 3.62. The van der Waals surface area contributed by atoms with Crippen LogP contribution in [0.15, 0.2) is 42.6 Å². The van der Waals surface area contributed by atoms with Gasteiger partial charge in [-0.1, -0.05) is 6.07 Å². The fourth-order valence-corrected chi connectivity index (χ4v) is 2.44. The molecular weight excluding hydrogens is 279 g/mol. The SMILES string of the molecule is CNCc1c[nH]c2cc(Nc3ccc(C#N)cc3F)ccc12. The van der Waals surface area contributed by atoms with Gasteiger partial charge in [-0.25, -0.2) is 4.39 Å². The first-order valence-corrected chi connectivity index (χ1v) is 6.92. The summed E-state index contributed by atoms with van der Waals surface area (Å²) < 4.78 is 13.9. The van der Waals surface area contributed by atoms with Crippen molar-refractivity contribution in [1.82, 2.24) is 10.3 Å². The lowest BCUT2D eigenvalue weighted by Crippen LogP contribution is -2.03. The largest absolute Gasteiger partial charge is 0.361 e. The summed E-state index contributed by atoms with van der Waals surface area (Å²) in [5, 5.41) is 16.1. The lowest BCUT2D eigenvalue weighted by molar-refractivity contribution is 0.631. The normalized spacial score (nSPS) is 10.6. The molecule has 4 nitrogen and oxygen atoms in total. The first-order valence-electron chi connectivity index (χ1n) is 6.92. The molecule has 0 atom stereocenters. The van der Waals surface area contributed by atoms with Crippen molar-refractivity contribution in [2.24, 2.45) is 0 Å². The fourth-order valence-electron chi connectivity index (χ4n) is 2.44. The summed E-state index contributed by atoms with van der Waals surface area (Å²) >= 11 is 0. The molecule has 0 saturated heterocycles. The molecule has 0 aliphatic rings. The molecule has 0 fully saturated rings. The van der Waals surface area contributed by atoms with Crippen LogP contribution in [0.2, 0.25) is 0 Å². The van der Waals surface area contributed by atoms with E-state index in [0.717, 1.165) is 23.1 Å². The third-order valence-corrected chi connectivity index (χ3v) is 3.51. The van der Waals surface area contributed by atoms with E-state index >= 15 is 0 Å². The monoisotopic (exact) mass is 294 g/mol. The summed E-state index contributed by atoms with van der Waals surface area (Å²) in [6, 6.07) is 12.1. The van der Waals surface area contributed by atoms with Gasteiger partial charge in [-0.3, -0.25) is 0 Å². The van der Waals surface area contributed by atoms with E-state index in [1.54, 1.807) is 12.1 Å². The summed E-state index contributed by atoms with van der Waals surface area (Å²) in [7, 11) is 1.91. The maximum Gasteiger partial charge on any atom is 0.147 e. The molecule has 3 rings (SSSR count). The molecule has 0 saturated carbocycles. The van der Waals surface area contributed by atoms with Crippen molar-refractivity contribution < 1.29 is 4.39 Å². The number of nitriles is 1. The number of aromatic amines is 1. The van der Waals surface area contributed by atoms with Crippen LogP contribution in [0.4, 0.5) is 15.8 Å². The maximum absolute atomic E-state index is 13.9. The number of benzene rings is 2. The Morgan fingerprint density at radius 3 is 2.82 bits per heavy atom. The number of nitrogens with zero attached hydrogens (tertiary/aromatic N) is 1. The van der Waals surface area contributed by atoms with Crippen LogP contribution in [0.25, 0.3) is 10.9 Å². The Bertz CT molecular complexity index is 861. The van der Waals surface area contributed by atoms with Crippen LogP contribution < -0.4 is 10.6 Å². The van der Waals surface area contributed by atoms with Gasteiger partial charge in [0.15, 0.2) is 0 Å². The Labute approximate surface area is 127 Å². The molecule has 1 aromatic heterocycles. The molecule has 0 amide bonds. The quantitative estimate of drug-likeness (QED) is 0.688. The van der Waals surface area contributed by atoms with Crippen LogP contribution in [0, 0.1) is 17.1 Å².